The van der Waals surface area contributed by atoms with Gasteiger partial charge >= 0.3 is 0 Å². The molecule has 0 aromatic heterocycles. The molecule has 0 unspecified atom stereocenters. The minimum absolute atomic E-state index is 0. The van der Waals surface area contributed by atoms with Gasteiger partial charge in [0.2, 0.25) is 5.91 Å². The van der Waals surface area contributed by atoms with Crippen LogP contribution >= 0.6 is 24.0 Å². The van der Waals surface area contributed by atoms with Crippen LogP contribution in [0.15, 0.2) is 4.99 Å². The van der Waals surface area contributed by atoms with Crippen LogP contribution in [0.2, 0.25) is 0 Å². The van der Waals surface area contributed by atoms with Crippen molar-refractivity contribution < 1.29 is 4.79 Å². The summed E-state index contributed by atoms with van der Waals surface area (Å²) in [5, 5.41) is 8.82. The second-order valence-electron chi connectivity index (χ2n) is 3.57. The SMILES string of the molecule is CCCNC(=O)CNC(=NC)NC(C)C.I. The Morgan fingerprint density at radius 2 is 1.94 bits per heavy atom. The summed E-state index contributed by atoms with van der Waals surface area (Å²) in [6.07, 6.45) is 0.949. The number of rotatable bonds is 5. The fourth-order valence-electron chi connectivity index (χ4n) is 0.959. The predicted molar refractivity (Wildman–Crippen MR) is 78.3 cm³/mol. The van der Waals surface area contributed by atoms with Crippen molar-refractivity contribution in [3.63, 3.8) is 0 Å². The number of carbonyl (C=O) groups is 1. The number of nitrogens with one attached hydrogen (secondary N) is 3. The molecule has 5 nitrogen and oxygen atoms in total. The van der Waals surface area contributed by atoms with Crippen molar-refractivity contribution >= 4 is 35.8 Å². The Balaban J connectivity index is 0. The summed E-state index contributed by atoms with van der Waals surface area (Å²) < 4.78 is 0. The lowest BCUT2D eigenvalue weighted by Gasteiger charge is -2.14. The lowest BCUT2D eigenvalue weighted by atomic mass is 10.4. The quantitative estimate of drug-likeness (QED) is 0.392. The van der Waals surface area contributed by atoms with Gasteiger partial charge in [-0.2, -0.15) is 0 Å². The van der Waals surface area contributed by atoms with Gasteiger partial charge in [-0.25, -0.2) is 0 Å². The van der Waals surface area contributed by atoms with Gasteiger partial charge in [0.25, 0.3) is 0 Å². The molecule has 3 N–H and O–H groups in total. The van der Waals surface area contributed by atoms with E-state index in [1.165, 1.54) is 0 Å². The average molecular weight is 342 g/mol. The Morgan fingerprint density at radius 1 is 1.31 bits per heavy atom. The molecule has 0 heterocycles. The van der Waals surface area contributed by atoms with Crippen molar-refractivity contribution in [3.05, 3.63) is 0 Å². The predicted octanol–water partition coefficient (Wildman–Crippen LogP) is 0.704. The molecule has 6 heteroatoms. The summed E-state index contributed by atoms with van der Waals surface area (Å²) in [6, 6.07) is 0.301. The number of carbonyl (C=O) groups excluding carboxylic acids is 1. The van der Waals surface area contributed by atoms with Crippen LogP contribution in [0.25, 0.3) is 0 Å². The third-order valence-corrected chi connectivity index (χ3v) is 1.64. The first-order valence-electron chi connectivity index (χ1n) is 5.34. The van der Waals surface area contributed by atoms with E-state index < -0.39 is 0 Å². The second kappa shape index (κ2) is 11.0. The Kier molecular flexibility index (Phi) is 12.2. The van der Waals surface area contributed by atoms with Crippen molar-refractivity contribution in [1.82, 2.24) is 16.0 Å². The third-order valence-electron chi connectivity index (χ3n) is 1.64. The van der Waals surface area contributed by atoms with Gasteiger partial charge in [-0.3, -0.25) is 9.79 Å². The molecule has 0 aromatic carbocycles. The fourth-order valence-corrected chi connectivity index (χ4v) is 0.959. The molecule has 0 aromatic rings. The first kappa shape index (κ1) is 17.9. The van der Waals surface area contributed by atoms with E-state index in [1.807, 2.05) is 20.8 Å². The summed E-state index contributed by atoms with van der Waals surface area (Å²) in [5.74, 6) is 0.639. The lowest BCUT2D eigenvalue weighted by Crippen LogP contribution is -2.45. The normalized spacial score (nSPS) is 10.7. The molecule has 0 fully saturated rings. The highest BCUT2D eigenvalue weighted by Crippen LogP contribution is 1.77. The summed E-state index contributed by atoms with van der Waals surface area (Å²) in [7, 11) is 1.68. The molecule has 0 rings (SSSR count). The van der Waals surface area contributed by atoms with Gasteiger partial charge < -0.3 is 16.0 Å². The average Bonchev–Trinajstić information content (AvgIpc) is 2.20. The molecule has 0 saturated heterocycles. The standard InChI is InChI=1S/C10H22N4O.HI/c1-5-6-12-9(15)7-13-10(11-4)14-8(2)3;/h8H,5-7H2,1-4H3,(H,12,15)(H2,11,13,14);1H. The van der Waals surface area contributed by atoms with Gasteiger partial charge in [0.15, 0.2) is 5.96 Å². The zero-order chi connectivity index (χ0) is 11.7. The molecule has 0 aliphatic carbocycles. The highest BCUT2D eigenvalue weighted by molar-refractivity contribution is 14.0. The molecule has 0 radical (unpaired) electrons. The van der Waals surface area contributed by atoms with E-state index in [1.54, 1.807) is 7.05 Å². The topological polar surface area (TPSA) is 65.5 Å². The van der Waals surface area contributed by atoms with Crippen molar-refractivity contribution in [1.29, 1.82) is 0 Å². The van der Waals surface area contributed by atoms with E-state index in [0.29, 0.717) is 12.0 Å². The van der Waals surface area contributed by atoms with Gasteiger partial charge in [-0.05, 0) is 20.3 Å². The molecular formula is C10H23IN4O. The molecule has 96 valence electrons. The summed E-state index contributed by atoms with van der Waals surface area (Å²) in [4.78, 5) is 15.2. The Bertz CT molecular complexity index is 219. The van der Waals surface area contributed by atoms with Gasteiger partial charge in [-0.15, -0.1) is 24.0 Å². The number of amides is 1. The largest absolute Gasteiger partial charge is 0.355 e. The van der Waals surface area contributed by atoms with Crippen LogP contribution in [0.5, 0.6) is 0 Å². The number of halogens is 1. The maximum Gasteiger partial charge on any atom is 0.239 e. The number of nitrogens with zero attached hydrogens (tertiary/aromatic N) is 1. The van der Waals surface area contributed by atoms with Crippen LogP contribution in [-0.2, 0) is 4.79 Å². The van der Waals surface area contributed by atoms with E-state index in [9.17, 15) is 4.79 Å². The van der Waals surface area contributed by atoms with Crippen molar-refractivity contribution in [2.75, 3.05) is 20.1 Å². The summed E-state index contributed by atoms with van der Waals surface area (Å²) >= 11 is 0. The van der Waals surface area contributed by atoms with Crippen LogP contribution in [0.1, 0.15) is 27.2 Å². The minimum Gasteiger partial charge on any atom is -0.355 e. The monoisotopic (exact) mass is 342 g/mol. The van der Waals surface area contributed by atoms with Crippen LogP contribution in [0.3, 0.4) is 0 Å². The molecular weight excluding hydrogens is 319 g/mol. The number of hydrogen-bond acceptors (Lipinski definition) is 2. The van der Waals surface area contributed by atoms with Crippen LogP contribution < -0.4 is 16.0 Å². The highest BCUT2D eigenvalue weighted by atomic mass is 127. The first-order chi connectivity index (χ1) is 7.10. The van der Waals surface area contributed by atoms with E-state index in [2.05, 4.69) is 20.9 Å². The Hall–Kier alpha value is -0.530. The van der Waals surface area contributed by atoms with Crippen LogP contribution in [-0.4, -0.2) is 38.0 Å². The number of guanidine groups is 1. The first-order valence-corrected chi connectivity index (χ1v) is 5.34. The fraction of sp³-hybridized carbons (Fsp3) is 0.800. The zero-order valence-corrected chi connectivity index (χ0v) is 12.8. The molecule has 0 saturated carbocycles. The Morgan fingerprint density at radius 3 is 2.38 bits per heavy atom. The maximum absolute atomic E-state index is 11.3. The molecule has 0 bridgehead atoms. The van der Waals surface area contributed by atoms with Gasteiger partial charge in [-0.1, -0.05) is 6.92 Å². The Labute approximate surface area is 115 Å². The van der Waals surface area contributed by atoms with E-state index >= 15 is 0 Å². The third kappa shape index (κ3) is 10.0. The number of aliphatic imine (C=N–C) groups is 1. The van der Waals surface area contributed by atoms with Crippen molar-refractivity contribution in [2.45, 2.75) is 33.2 Å². The molecule has 0 aliphatic rings. The second-order valence-corrected chi connectivity index (χ2v) is 3.57. The summed E-state index contributed by atoms with van der Waals surface area (Å²) in [6.45, 7) is 7.03. The van der Waals surface area contributed by atoms with E-state index in [4.69, 9.17) is 0 Å². The molecule has 0 atom stereocenters. The van der Waals surface area contributed by atoms with Crippen LogP contribution in [0, 0.1) is 0 Å². The van der Waals surface area contributed by atoms with Gasteiger partial charge in [0, 0.05) is 19.6 Å². The van der Waals surface area contributed by atoms with Crippen molar-refractivity contribution in [2.24, 2.45) is 4.99 Å². The molecule has 0 aliphatic heterocycles. The summed E-state index contributed by atoms with van der Waals surface area (Å²) in [5.41, 5.74) is 0. The van der Waals surface area contributed by atoms with Crippen LogP contribution in [0.4, 0.5) is 0 Å². The smallest absolute Gasteiger partial charge is 0.239 e. The van der Waals surface area contributed by atoms with Gasteiger partial charge in [0.05, 0.1) is 6.54 Å². The molecule has 1 amide bonds. The van der Waals surface area contributed by atoms with Crippen molar-refractivity contribution in [3.8, 4) is 0 Å². The lowest BCUT2D eigenvalue weighted by molar-refractivity contribution is -0.120. The zero-order valence-electron chi connectivity index (χ0n) is 10.5. The molecule has 16 heavy (non-hydrogen) atoms. The highest BCUT2D eigenvalue weighted by Gasteiger charge is 2.03. The van der Waals surface area contributed by atoms with Gasteiger partial charge in [0.1, 0.15) is 0 Å². The van der Waals surface area contributed by atoms with E-state index in [-0.39, 0.29) is 36.4 Å². The maximum atomic E-state index is 11.3. The molecule has 0 spiro atoms. The minimum atomic E-state index is -0.0106. The van der Waals surface area contributed by atoms with E-state index in [0.717, 1.165) is 13.0 Å². The number of hydrogen-bond donors (Lipinski definition) is 3.